The van der Waals surface area contributed by atoms with Crippen LogP contribution >= 0.6 is 0 Å². The molecule has 21 heavy (non-hydrogen) atoms. The number of aliphatic hydroxyl groups is 1. The van der Waals surface area contributed by atoms with E-state index < -0.39 is 11.7 Å². The molecule has 1 fully saturated rings. The van der Waals surface area contributed by atoms with Crippen molar-refractivity contribution in [2.45, 2.75) is 44.3 Å². The summed E-state index contributed by atoms with van der Waals surface area (Å²) in [7, 11) is 1.74. The monoisotopic (exact) mass is 284 g/mol. The lowest BCUT2D eigenvalue weighted by Gasteiger charge is -2.42. The van der Waals surface area contributed by atoms with Crippen molar-refractivity contribution in [2.75, 3.05) is 7.11 Å². The van der Waals surface area contributed by atoms with Gasteiger partial charge in [0.1, 0.15) is 6.10 Å². The van der Waals surface area contributed by atoms with Crippen molar-refractivity contribution in [1.29, 1.82) is 0 Å². The molecule has 0 bridgehead atoms. The van der Waals surface area contributed by atoms with Gasteiger partial charge in [0.2, 0.25) is 0 Å². The van der Waals surface area contributed by atoms with Gasteiger partial charge in [-0.3, -0.25) is 0 Å². The number of ether oxygens (including phenoxy) is 1. The lowest BCUT2D eigenvalue weighted by atomic mass is 9.74. The van der Waals surface area contributed by atoms with Gasteiger partial charge in [0, 0.05) is 7.11 Å². The summed E-state index contributed by atoms with van der Waals surface area (Å²) >= 11 is 0. The Hall–Kier alpha value is -1.38. The summed E-state index contributed by atoms with van der Waals surface area (Å²) in [5.41, 5.74) is 0.541. The normalized spacial score (nSPS) is 27.7. The van der Waals surface area contributed by atoms with E-state index in [9.17, 15) is 5.11 Å². The molecule has 0 aromatic heterocycles. The Kier molecular flexibility index (Phi) is 4.01. The number of hydrogen-bond acceptors (Lipinski definition) is 2. The summed E-state index contributed by atoms with van der Waals surface area (Å²) in [4.78, 5) is 0. The molecule has 2 nitrogen and oxygen atoms in total. The van der Waals surface area contributed by atoms with Crippen LogP contribution in [0.3, 0.4) is 0 Å². The molecule has 0 radical (unpaired) electrons. The Balaban J connectivity index is 1.92. The van der Waals surface area contributed by atoms with Crippen LogP contribution in [0.15, 0.2) is 42.5 Å². The number of hydrogen-bond donors (Lipinski definition) is 1. The van der Waals surface area contributed by atoms with Gasteiger partial charge in [0.15, 0.2) is 0 Å². The smallest absolute Gasteiger partial charge is 0.108 e. The zero-order chi connectivity index (χ0) is 14.9. The summed E-state index contributed by atoms with van der Waals surface area (Å²) in [6, 6.07) is 14.5. The number of fused-ring (bicyclic) bond motifs is 1. The fourth-order valence-corrected chi connectivity index (χ4v) is 3.52. The Labute approximate surface area is 126 Å². The molecule has 2 aromatic carbocycles. The van der Waals surface area contributed by atoms with Crippen molar-refractivity contribution in [3.63, 3.8) is 0 Å². The Morgan fingerprint density at radius 2 is 1.76 bits per heavy atom. The van der Waals surface area contributed by atoms with Gasteiger partial charge in [-0.1, -0.05) is 43.3 Å². The molecule has 1 aliphatic carbocycles. The summed E-state index contributed by atoms with van der Waals surface area (Å²) in [5, 5.41) is 13.3. The third-order valence-electron chi connectivity index (χ3n) is 5.11. The highest BCUT2D eigenvalue weighted by molar-refractivity contribution is 5.83. The molecular weight excluding hydrogens is 260 g/mol. The van der Waals surface area contributed by atoms with E-state index in [1.165, 1.54) is 10.8 Å². The van der Waals surface area contributed by atoms with Crippen LogP contribution in [-0.2, 0) is 4.74 Å². The van der Waals surface area contributed by atoms with Crippen molar-refractivity contribution in [1.82, 2.24) is 0 Å². The fraction of sp³-hybridized carbons (Fsp3) is 0.474. The standard InChI is InChI=1S/C19H24O2/c1-14-9-11-19(21-2,12-10-14)18(20)17-8-7-15-5-3-4-6-16(15)13-17/h3-8,13-14,18,20H,9-12H2,1-2H3. The molecule has 1 atom stereocenters. The van der Waals surface area contributed by atoms with Crippen LogP contribution in [0.2, 0.25) is 0 Å². The molecule has 2 aromatic rings. The molecule has 0 amide bonds. The van der Waals surface area contributed by atoms with E-state index in [1.807, 2.05) is 18.2 Å². The van der Waals surface area contributed by atoms with E-state index in [4.69, 9.17) is 4.74 Å². The minimum absolute atomic E-state index is 0.422. The quantitative estimate of drug-likeness (QED) is 0.901. The van der Waals surface area contributed by atoms with Crippen LogP contribution < -0.4 is 0 Å². The molecule has 0 aliphatic heterocycles. The van der Waals surface area contributed by atoms with Crippen LogP contribution in [0, 0.1) is 5.92 Å². The first-order valence-corrected chi connectivity index (χ1v) is 7.86. The summed E-state index contributed by atoms with van der Waals surface area (Å²) in [6.45, 7) is 2.28. The van der Waals surface area contributed by atoms with Crippen molar-refractivity contribution < 1.29 is 9.84 Å². The van der Waals surface area contributed by atoms with Crippen LogP contribution in [0.1, 0.15) is 44.3 Å². The minimum atomic E-state index is -0.556. The topological polar surface area (TPSA) is 29.5 Å². The van der Waals surface area contributed by atoms with Gasteiger partial charge in [-0.15, -0.1) is 0 Å². The molecular formula is C19H24O2. The summed E-state index contributed by atoms with van der Waals surface area (Å²) < 4.78 is 5.81. The van der Waals surface area contributed by atoms with E-state index in [-0.39, 0.29) is 0 Å². The molecule has 1 N–H and O–H groups in total. The maximum Gasteiger partial charge on any atom is 0.108 e. The van der Waals surface area contributed by atoms with Crippen molar-refractivity contribution in [3.8, 4) is 0 Å². The average Bonchev–Trinajstić information content (AvgIpc) is 2.55. The van der Waals surface area contributed by atoms with Crippen LogP contribution in [0.5, 0.6) is 0 Å². The first-order chi connectivity index (χ1) is 10.1. The van der Waals surface area contributed by atoms with Gasteiger partial charge in [0.25, 0.3) is 0 Å². The highest BCUT2D eigenvalue weighted by Crippen LogP contribution is 2.43. The second-order valence-electron chi connectivity index (χ2n) is 6.46. The van der Waals surface area contributed by atoms with Crippen LogP contribution in [0.4, 0.5) is 0 Å². The molecule has 112 valence electrons. The molecule has 2 heteroatoms. The van der Waals surface area contributed by atoms with Gasteiger partial charge >= 0.3 is 0 Å². The second-order valence-corrected chi connectivity index (χ2v) is 6.46. The summed E-state index contributed by atoms with van der Waals surface area (Å²) in [6.07, 6.45) is 3.55. The maximum atomic E-state index is 10.9. The second kappa shape index (κ2) is 5.78. The Morgan fingerprint density at radius 1 is 1.10 bits per heavy atom. The first-order valence-electron chi connectivity index (χ1n) is 7.86. The lowest BCUT2D eigenvalue weighted by Crippen LogP contribution is -2.41. The fourth-order valence-electron chi connectivity index (χ4n) is 3.52. The van der Waals surface area contributed by atoms with E-state index in [2.05, 4.69) is 31.2 Å². The van der Waals surface area contributed by atoms with E-state index >= 15 is 0 Å². The summed E-state index contributed by atoms with van der Waals surface area (Å²) in [5.74, 6) is 0.733. The minimum Gasteiger partial charge on any atom is -0.385 e. The van der Waals surface area contributed by atoms with Crippen LogP contribution in [0.25, 0.3) is 10.8 Å². The van der Waals surface area contributed by atoms with Gasteiger partial charge in [-0.2, -0.15) is 0 Å². The lowest BCUT2D eigenvalue weighted by molar-refractivity contribution is -0.130. The zero-order valence-electron chi connectivity index (χ0n) is 12.9. The van der Waals surface area contributed by atoms with E-state index in [1.54, 1.807) is 7.11 Å². The van der Waals surface area contributed by atoms with Gasteiger partial charge < -0.3 is 9.84 Å². The number of rotatable bonds is 3. The predicted octanol–water partition coefficient (Wildman–Crippen LogP) is 4.47. The van der Waals surface area contributed by atoms with Gasteiger partial charge in [-0.05, 0) is 54.0 Å². The average molecular weight is 284 g/mol. The highest BCUT2D eigenvalue weighted by Gasteiger charge is 2.41. The third-order valence-corrected chi connectivity index (χ3v) is 5.11. The Morgan fingerprint density at radius 3 is 2.43 bits per heavy atom. The third kappa shape index (κ3) is 2.70. The molecule has 0 heterocycles. The molecule has 0 spiro atoms. The Bertz CT molecular complexity index is 612. The van der Waals surface area contributed by atoms with Crippen LogP contribution in [-0.4, -0.2) is 17.8 Å². The predicted molar refractivity (Wildman–Crippen MR) is 86.3 cm³/mol. The number of aliphatic hydroxyl groups excluding tert-OH is 1. The van der Waals surface area contributed by atoms with E-state index in [0.717, 1.165) is 37.2 Å². The number of methoxy groups -OCH3 is 1. The maximum absolute atomic E-state index is 10.9. The molecule has 1 unspecified atom stereocenters. The molecule has 1 saturated carbocycles. The molecule has 0 saturated heterocycles. The zero-order valence-corrected chi connectivity index (χ0v) is 12.9. The van der Waals surface area contributed by atoms with Crippen molar-refractivity contribution >= 4 is 10.8 Å². The highest BCUT2D eigenvalue weighted by atomic mass is 16.5. The van der Waals surface area contributed by atoms with Crippen molar-refractivity contribution in [3.05, 3.63) is 48.0 Å². The SMILES string of the molecule is COC1(C(O)c2ccc3ccccc3c2)CCC(C)CC1. The van der Waals surface area contributed by atoms with Gasteiger partial charge in [0.05, 0.1) is 5.60 Å². The van der Waals surface area contributed by atoms with E-state index in [0.29, 0.717) is 0 Å². The first kappa shape index (κ1) is 14.6. The number of benzene rings is 2. The van der Waals surface area contributed by atoms with Gasteiger partial charge in [-0.25, -0.2) is 0 Å². The molecule has 1 aliphatic rings. The molecule has 3 rings (SSSR count). The van der Waals surface area contributed by atoms with Crippen molar-refractivity contribution in [2.24, 2.45) is 5.92 Å². The largest absolute Gasteiger partial charge is 0.385 e.